The van der Waals surface area contributed by atoms with E-state index in [1.165, 1.54) is 83.5 Å². The maximum Gasteiger partial charge on any atom is 0.314 e. The Balaban J connectivity index is 1.31. The van der Waals surface area contributed by atoms with E-state index in [2.05, 4.69) is 13.8 Å². The van der Waals surface area contributed by atoms with Gasteiger partial charge in [0.05, 0.1) is 5.41 Å². The molecule has 208 valence electrons. The Morgan fingerprint density at radius 1 is 0.811 bits per heavy atom. The lowest BCUT2D eigenvalue weighted by molar-refractivity contribution is -0.146. The number of unbranched alkanes of at least 4 members (excludes halogenated alkanes) is 1. The van der Waals surface area contributed by atoms with Crippen molar-refractivity contribution in [1.29, 1.82) is 0 Å². The minimum atomic E-state index is -0.911. The third-order valence-electron chi connectivity index (χ3n) is 10.9. The molecule has 0 saturated heterocycles. The van der Waals surface area contributed by atoms with Crippen LogP contribution in [0.3, 0.4) is 0 Å². The highest BCUT2D eigenvalue weighted by Gasteiger charge is 2.45. The van der Waals surface area contributed by atoms with Gasteiger partial charge in [0, 0.05) is 0 Å². The lowest BCUT2D eigenvalue weighted by Crippen LogP contribution is -2.41. The molecule has 0 heterocycles. The zero-order valence-electron chi connectivity index (χ0n) is 23.8. The lowest BCUT2D eigenvalue weighted by atomic mass is 9.62. The highest BCUT2D eigenvalue weighted by Crippen LogP contribution is 2.48. The van der Waals surface area contributed by atoms with Crippen molar-refractivity contribution in [1.82, 2.24) is 0 Å². The molecule has 0 bridgehead atoms. The maximum absolute atomic E-state index is 15.3. The molecule has 1 aromatic carbocycles. The van der Waals surface area contributed by atoms with Gasteiger partial charge in [-0.1, -0.05) is 96.6 Å². The third-order valence-corrected chi connectivity index (χ3v) is 10.9. The maximum atomic E-state index is 15.3. The van der Waals surface area contributed by atoms with E-state index in [-0.39, 0.29) is 5.82 Å². The fourth-order valence-electron chi connectivity index (χ4n) is 8.30. The van der Waals surface area contributed by atoms with Crippen LogP contribution in [0, 0.1) is 35.4 Å². The number of hydrogen-bond donors (Lipinski definition) is 1. The van der Waals surface area contributed by atoms with Crippen LogP contribution in [-0.4, -0.2) is 11.1 Å². The summed E-state index contributed by atoms with van der Waals surface area (Å²) in [5, 5.41) is 10.3. The second-order valence-corrected chi connectivity index (χ2v) is 13.2. The van der Waals surface area contributed by atoms with Gasteiger partial charge in [-0.05, 0) is 98.1 Å². The van der Waals surface area contributed by atoms with Gasteiger partial charge in [0.2, 0.25) is 0 Å². The molecule has 3 heteroatoms. The minimum Gasteiger partial charge on any atom is -0.481 e. The Morgan fingerprint density at radius 2 is 1.38 bits per heavy atom. The molecule has 3 aliphatic carbocycles. The predicted octanol–water partition coefficient (Wildman–Crippen LogP) is 9.87. The van der Waals surface area contributed by atoms with Crippen LogP contribution in [0.15, 0.2) is 18.2 Å². The number of hydrogen-bond acceptors (Lipinski definition) is 1. The number of halogens is 1. The van der Waals surface area contributed by atoms with E-state index in [0.29, 0.717) is 24.3 Å². The fourth-order valence-corrected chi connectivity index (χ4v) is 8.30. The molecule has 3 fully saturated rings. The summed E-state index contributed by atoms with van der Waals surface area (Å²) in [6.07, 6.45) is 22.4. The Morgan fingerprint density at radius 3 is 1.95 bits per heavy atom. The normalized spacial score (nSPS) is 32.8. The van der Waals surface area contributed by atoms with Gasteiger partial charge in [0.15, 0.2) is 0 Å². The Bertz CT molecular complexity index is 839. The molecule has 0 amide bonds. The first-order valence-corrected chi connectivity index (χ1v) is 16.0. The average Bonchev–Trinajstić information content (AvgIpc) is 2.92. The number of aryl methyl sites for hydroxylation is 1. The number of aliphatic carboxylic acids is 1. The molecule has 0 aliphatic heterocycles. The van der Waals surface area contributed by atoms with Crippen LogP contribution >= 0.6 is 0 Å². The molecular weight excluding hydrogens is 459 g/mol. The van der Waals surface area contributed by atoms with Crippen molar-refractivity contribution in [3.8, 4) is 0 Å². The molecule has 2 nitrogen and oxygen atoms in total. The molecule has 3 aliphatic rings. The highest BCUT2D eigenvalue weighted by atomic mass is 19.1. The molecule has 0 spiro atoms. The Hall–Kier alpha value is -1.38. The smallest absolute Gasteiger partial charge is 0.314 e. The molecule has 37 heavy (non-hydrogen) atoms. The first-order chi connectivity index (χ1) is 17.9. The van der Waals surface area contributed by atoms with Gasteiger partial charge in [-0.25, -0.2) is 4.39 Å². The topological polar surface area (TPSA) is 37.3 Å². The molecule has 4 rings (SSSR count). The van der Waals surface area contributed by atoms with Gasteiger partial charge < -0.3 is 5.11 Å². The largest absolute Gasteiger partial charge is 0.481 e. The van der Waals surface area contributed by atoms with E-state index in [1.807, 2.05) is 12.1 Å². The summed E-state index contributed by atoms with van der Waals surface area (Å²) in [6, 6.07) is 5.44. The van der Waals surface area contributed by atoms with Crippen molar-refractivity contribution >= 4 is 5.97 Å². The average molecular weight is 513 g/mol. The quantitative estimate of drug-likeness (QED) is 0.320. The molecule has 3 saturated carbocycles. The van der Waals surface area contributed by atoms with Crippen molar-refractivity contribution < 1.29 is 14.3 Å². The SMILES string of the molecule is CCCCC1CCC(CCc2ccc(C3(C(=O)O)CCC(C4CCC(CCC)CC4)CC3)cc2F)CC1. The van der Waals surface area contributed by atoms with Crippen LogP contribution in [0.4, 0.5) is 4.39 Å². The Kier molecular flexibility index (Phi) is 10.5. The molecule has 1 aromatic rings. The summed E-state index contributed by atoms with van der Waals surface area (Å²) in [5.74, 6) is 3.00. The van der Waals surface area contributed by atoms with Crippen LogP contribution in [0.5, 0.6) is 0 Å². The van der Waals surface area contributed by atoms with Gasteiger partial charge in [0.1, 0.15) is 5.82 Å². The van der Waals surface area contributed by atoms with Gasteiger partial charge in [0.25, 0.3) is 0 Å². The summed E-state index contributed by atoms with van der Waals surface area (Å²) in [7, 11) is 0. The molecule has 0 radical (unpaired) electrons. The number of benzene rings is 1. The van der Waals surface area contributed by atoms with E-state index in [1.54, 1.807) is 6.07 Å². The zero-order valence-corrected chi connectivity index (χ0v) is 23.8. The van der Waals surface area contributed by atoms with Gasteiger partial charge >= 0.3 is 5.97 Å². The number of carboxylic acids is 1. The van der Waals surface area contributed by atoms with E-state index >= 15 is 4.39 Å². The second kappa shape index (κ2) is 13.6. The van der Waals surface area contributed by atoms with Crippen molar-refractivity contribution in [2.24, 2.45) is 29.6 Å². The first kappa shape index (κ1) is 28.6. The van der Waals surface area contributed by atoms with E-state index in [0.717, 1.165) is 54.9 Å². The van der Waals surface area contributed by atoms with Crippen LogP contribution in [0.1, 0.15) is 141 Å². The monoisotopic (exact) mass is 512 g/mol. The standard InChI is InChI=1S/C34H53FO2/c1-3-5-7-26-8-10-27(11-9-26)14-17-30-18-19-31(24-32(30)35)34(33(36)37)22-20-29(21-23-34)28-15-12-25(6-4-2)13-16-28/h18-19,24-29H,3-17,20-23H2,1-2H3,(H,36,37). The summed E-state index contributed by atoms with van der Waals surface area (Å²) < 4.78 is 15.3. The van der Waals surface area contributed by atoms with Crippen LogP contribution in [0.2, 0.25) is 0 Å². The summed E-state index contributed by atoms with van der Waals surface area (Å²) >= 11 is 0. The zero-order chi connectivity index (χ0) is 26.3. The molecular formula is C34H53FO2. The fraction of sp³-hybridized carbons (Fsp3) is 0.794. The number of rotatable bonds is 11. The highest BCUT2D eigenvalue weighted by molar-refractivity contribution is 5.81. The van der Waals surface area contributed by atoms with Gasteiger partial charge in [-0.2, -0.15) is 0 Å². The number of carbonyl (C=O) groups is 1. The van der Waals surface area contributed by atoms with Gasteiger partial charge in [-0.15, -0.1) is 0 Å². The predicted molar refractivity (Wildman–Crippen MR) is 151 cm³/mol. The second-order valence-electron chi connectivity index (χ2n) is 13.2. The minimum absolute atomic E-state index is 0.189. The lowest BCUT2D eigenvalue weighted by Gasteiger charge is -2.42. The Labute approximate surface area is 226 Å². The van der Waals surface area contributed by atoms with E-state index < -0.39 is 11.4 Å². The van der Waals surface area contributed by atoms with Crippen LogP contribution in [0.25, 0.3) is 0 Å². The summed E-state index contributed by atoms with van der Waals surface area (Å²) in [6.45, 7) is 4.56. The molecule has 0 atom stereocenters. The first-order valence-electron chi connectivity index (χ1n) is 16.0. The molecule has 1 N–H and O–H groups in total. The summed E-state index contributed by atoms with van der Waals surface area (Å²) in [4.78, 5) is 12.6. The van der Waals surface area contributed by atoms with Crippen molar-refractivity contribution in [2.75, 3.05) is 0 Å². The van der Waals surface area contributed by atoms with Gasteiger partial charge in [-0.3, -0.25) is 4.79 Å². The third kappa shape index (κ3) is 7.18. The number of carboxylic acid groups (broad SMARTS) is 1. The molecule has 0 aromatic heterocycles. The van der Waals surface area contributed by atoms with Crippen LogP contribution < -0.4 is 0 Å². The van der Waals surface area contributed by atoms with Crippen LogP contribution in [-0.2, 0) is 16.6 Å². The molecule has 0 unspecified atom stereocenters. The van der Waals surface area contributed by atoms with E-state index in [4.69, 9.17) is 0 Å². The van der Waals surface area contributed by atoms with E-state index in [9.17, 15) is 9.90 Å². The summed E-state index contributed by atoms with van der Waals surface area (Å²) in [5.41, 5.74) is 0.560. The van der Waals surface area contributed by atoms with Crippen molar-refractivity contribution in [3.05, 3.63) is 35.1 Å². The van der Waals surface area contributed by atoms with Crippen molar-refractivity contribution in [3.63, 3.8) is 0 Å². The van der Waals surface area contributed by atoms with Crippen molar-refractivity contribution in [2.45, 2.75) is 141 Å².